The summed E-state index contributed by atoms with van der Waals surface area (Å²) < 4.78 is 0. The van der Waals surface area contributed by atoms with Crippen molar-refractivity contribution in [1.29, 1.82) is 0 Å². The minimum Gasteiger partial charge on any atom is -0.481 e. The van der Waals surface area contributed by atoms with Crippen molar-refractivity contribution in [2.45, 2.75) is 37.9 Å². The van der Waals surface area contributed by atoms with Crippen molar-refractivity contribution in [1.82, 2.24) is 0 Å². The van der Waals surface area contributed by atoms with Crippen LogP contribution in [0.2, 0.25) is 0 Å². The molecule has 2 atom stereocenters. The van der Waals surface area contributed by atoms with E-state index in [2.05, 4.69) is 0 Å². The molecule has 0 amide bonds. The van der Waals surface area contributed by atoms with Gasteiger partial charge in [-0.15, -0.1) is 0 Å². The highest BCUT2D eigenvalue weighted by molar-refractivity contribution is 5.68. The Bertz CT molecular complexity index is 433. The van der Waals surface area contributed by atoms with E-state index in [1.165, 1.54) is 0 Å². The molecule has 1 aromatic rings. The molecule has 1 aromatic carbocycles. The summed E-state index contributed by atoms with van der Waals surface area (Å²) in [7, 11) is 0. The Morgan fingerprint density at radius 3 is 2.75 bits per heavy atom. The molecule has 2 N–H and O–H groups in total. The van der Waals surface area contributed by atoms with Crippen LogP contribution < -0.4 is 0 Å². The molecule has 1 aliphatic carbocycles. The molecule has 1 fully saturated rings. The third kappa shape index (κ3) is 4.59. The number of aliphatic hydroxyl groups is 1. The van der Waals surface area contributed by atoms with Crippen LogP contribution in [-0.4, -0.2) is 28.4 Å². The van der Waals surface area contributed by atoms with Crippen LogP contribution in [0.5, 0.6) is 0 Å². The first-order valence-corrected chi connectivity index (χ1v) is 6.80. The predicted octanol–water partition coefficient (Wildman–Crippen LogP) is 2.14. The summed E-state index contributed by atoms with van der Waals surface area (Å²) in [4.78, 5) is 21.0. The molecule has 5 nitrogen and oxygen atoms in total. The van der Waals surface area contributed by atoms with Gasteiger partial charge in [0.15, 0.2) is 0 Å². The lowest BCUT2D eigenvalue weighted by Gasteiger charge is -2.20. The number of carboxylic acids is 1. The van der Waals surface area contributed by atoms with E-state index in [1.54, 1.807) is 0 Å². The largest absolute Gasteiger partial charge is 0.481 e. The van der Waals surface area contributed by atoms with Crippen LogP contribution in [0.25, 0.3) is 0 Å². The quantitative estimate of drug-likeness (QED) is 0.454. The van der Waals surface area contributed by atoms with Crippen molar-refractivity contribution in [3.63, 3.8) is 0 Å². The second-order valence-corrected chi connectivity index (χ2v) is 5.44. The van der Waals surface area contributed by atoms with Gasteiger partial charge in [0, 0.05) is 0 Å². The fourth-order valence-electron chi connectivity index (χ4n) is 2.63. The van der Waals surface area contributed by atoms with Crippen molar-refractivity contribution in [2.24, 2.45) is 5.92 Å². The summed E-state index contributed by atoms with van der Waals surface area (Å²) in [5.74, 6) is -0.815. The fourth-order valence-corrected chi connectivity index (χ4v) is 2.63. The molecule has 0 bridgehead atoms. The summed E-state index contributed by atoms with van der Waals surface area (Å²) >= 11 is 0. The Labute approximate surface area is 118 Å². The van der Waals surface area contributed by atoms with Crippen molar-refractivity contribution in [3.05, 3.63) is 35.9 Å². The first-order chi connectivity index (χ1) is 9.57. The zero-order chi connectivity index (χ0) is 14.4. The smallest absolute Gasteiger partial charge is 0.306 e. The Morgan fingerprint density at radius 1 is 1.30 bits per heavy atom. The summed E-state index contributed by atoms with van der Waals surface area (Å²) in [5.41, 5.74) is -0.0551. The third-order valence-corrected chi connectivity index (χ3v) is 3.62. The van der Waals surface area contributed by atoms with Crippen LogP contribution in [0.3, 0.4) is 0 Å². The van der Waals surface area contributed by atoms with E-state index in [0.29, 0.717) is 26.1 Å². The van der Waals surface area contributed by atoms with Gasteiger partial charge in [0.25, 0.3) is 0 Å². The van der Waals surface area contributed by atoms with Crippen molar-refractivity contribution >= 4 is 5.97 Å². The average molecular weight is 280 g/mol. The molecule has 0 radical (unpaired) electrons. The fraction of sp³-hybridized carbons (Fsp3) is 0.533. The monoisotopic (exact) mass is 280 g/mol. The van der Waals surface area contributed by atoms with Crippen LogP contribution in [0.4, 0.5) is 0 Å². The maximum atomic E-state index is 10.7. The number of aliphatic carboxylic acids is 1. The normalized spacial score (nSPS) is 25.8. The first-order valence-electron chi connectivity index (χ1n) is 6.80. The lowest BCUT2D eigenvalue weighted by molar-refractivity contribution is -0.310. The van der Waals surface area contributed by atoms with Crippen molar-refractivity contribution in [2.75, 3.05) is 6.61 Å². The molecule has 110 valence electrons. The van der Waals surface area contributed by atoms with E-state index in [9.17, 15) is 9.90 Å². The molecular formula is C15H20O5. The van der Waals surface area contributed by atoms with E-state index < -0.39 is 11.6 Å². The molecular weight excluding hydrogens is 260 g/mol. The van der Waals surface area contributed by atoms with E-state index in [0.717, 1.165) is 12.0 Å². The number of hydrogen-bond donors (Lipinski definition) is 2. The minimum absolute atomic E-state index is 0.148. The lowest BCUT2D eigenvalue weighted by Crippen LogP contribution is -2.28. The summed E-state index contributed by atoms with van der Waals surface area (Å²) in [5, 5.41) is 18.8. The molecule has 20 heavy (non-hydrogen) atoms. The van der Waals surface area contributed by atoms with Gasteiger partial charge >= 0.3 is 5.97 Å². The van der Waals surface area contributed by atoms with E-state index in [-0.39, 0.29) is 12.3 Å². The van der Waals surface area contributed by atoms with Gasteiger partial charge in [-0.25, -0.2) is 9.78 Å². The molecule has 1 saturated carbocycles. The Morgan fingerprint density at radius 2 is 2.05 bits per heavy atom. The summed E-state index contributed by atoms with van der Waals surface area (Å²) in [6, 6.07) is 9.70. The van der Waals surface area contributed by atoms with Crippen LogP contribution in [-0.2, 0) is 21.2 Å². The zero-order valence-corrected chi connectivity index (χ0v) is 11.3. The Hall–Kier alpha value is -1.43. The molecule has 5 heteroatoms. The third-order valence-electron chi connectivity index (χ3n) is 3.62. The lowest BCUT2D eigenvalue weighted by atomic mass is 9.97. The maximum absolute atomic E-state index is 10.7. The topological polar surface area (TPSA) is 76.0 Å². The standard InChI is InChI=1S/C15H20O5/c16-14(17)9-15(18)7-6-13(8-15)11-20-19-10-12-4-2-1-3-5-12/h1-5,13,18H,6-11H2,(H,16,17)/t13-,15?/m1/s1. The molecule has 0 heterocycles. The number of hydrogen-bond acceptors (Lipinski definition) is 4. The maximum Gasteiger partial charge on any atom is 0.306 e. The highest BCUT2D eigenvalue weighted by Crippen LogP contribution is 2.37. The van der Waals surface area contributed by atoms with Crippen LogP contribution in [0.1, 0.15) is 31.2 Å². The van der Waals surface area contributed by atoms with Gasteiger partial charge in [0.1, 0.15) is 6.61 Å². The molecule has 0 saturated heterocycles. The second kappa shape index (κ2) is 6.83. The number of carbonyl (C=O) groups is 1. The molecule has 0 spiro atoms. The SMILES string of the molecule is O=C(O)CC1(O)CC[C@@H](COOCc2ccccc2)C1. The Kier molecular flexibility index (Phi) is 5.11. The van der Waals surface area contributed by atoms with Crippen molar-refractivity contribution < 1.29 is 24.8 Å². The van der Waals surface area contributed by atoms with Gasteiger partial charge in [-0.3, -0.25) is 4.79 Å². The average Bonchev–Trinajstić information content (AvgIpc) is 2.76. The minimum atomic E-state index is -1.08. The Balaban J connectivity index is 1.65. The van der Waals surface area contributed by atoms with Gasteiger partial charge in [-0.2, -0.15) is 0 Å². The van der Waals surface area contributed by atoms with Crippen LogP contribution in [0.15, 0.2) is 30.3 Å². The number of rotatable bonds is 7. The van der Waals surface area contributed by atoms with Crippen molar-refractivity contribution in [3.8, 4) is 0 Å². The molecule has 2 rings (SSSR count). The van der Waals surface area contributed by atoms with E-state index >= 15 is 0 Å². The van der Waals surface area contributed by atoms with Gasteiger partial charge in [0.05, 0.1) is 18.6 Å². The molecule has 1 unspecified atom stereocenters. The second-order valence-electron chi connectivity index (χ2n) is 5.44. The highest BCUT2D eigenvalue weighted by Gasteiger charge is 2.39. The number of carboxylic acid groups (broad SMARTS) is 1. The number of benzene rings is 1. The van der Waals surface area contributed by atoms with Crippen LogP contribution >= 0.6 is 0 Å². The molecule has 1 aliphatic rings. The summed E-state index contributed by atoms with van der Waals surface area (Å²) in [6.45, 7) is 0.766. The van der Waals surface area contributed by atoms with Gasteiger partial charge in [0.2, 0.25) is 0 Å². The van der Waals surface area contributed by atoms with E-state index in [1.807, 2.05) is 30.3 Å². The van der Waals surface area contributed by atoms with Gasteiger partial charge < -0.3 is 10.2 Å². The van der Waals surface area contributed by atoms with Crippen LogP contribution in [0, 0.1) is 5.92 Å². The van der Waals surface area contributed by atoms with Gasteiger partial charge in [-0.1, -0.05) is 30.3 Å². The zero-order valence-electron chi connectivity index (χ0n) is 11.3. The first kappa shape index (κ1) is 15.0. The summed E-state index contributed by atoms with van der Waals surface area (Å²) in [6.07, 6.45) is 1.52. The van der Waals surface area contributed by atoms with E-state index in [4.69, 9.17) is 14.9 Å². The predicted molar refractivity (Wildman–Crippen MR) is 71.7 cm³/mol. The van der Waals surface area contributed by atoms with Gasteiger partial charge in [-0.05, 0) is 30.7 Å². The molecule has 0 aromatic heterocycles. The molecule has 0 aliphatic heterocycles. The highest BCUT2D eigenvalue weighted by atomic mass is 17.2.